The molecule has 0 radical (unpaired) electrons. The van der Waals surface area contributed by atoms with Crippen LogP contribution in [0.1, 0.15) is 66.8 Å². The molecule has 81 heavy (non-hydrogen) atoms. The quantitative estimate of drug-likeness (QED) is 0.0668. The first kappa shape index (κ1) is 51.9. The Kier molecular flexibility index (Phi) is 15.9. The van der Waals surface area contributed by atoms with E-state index in [2.05, 4.69) is 364 Å². The summed E-state index contributed by atoms with van der Waals surface area (Å²) in [6.45, 7) is 0. The van der Waals surface area contributed by atoms with E-state index in [4.69, 9.17) is 0 Å². The summed E-state index contributed by atoms with van der Waals surface area (Å²) in [5.74, 6) is 0. The van der Waals surface area contributed by atoms with Gasteiger partial charge in [0, 0.05) is 0 Å². The second kappa shape index (κ2) is 24.9. The van der Waals surface area contributed by atoms with Crippen LogP contribution in [0.3, 0.4) is 0 Å². The third-order valence-electron chi connectivity index (χ3n) is 15.3. The van der Waals surface area contributed by atoms with Gasteiger partial charge in [0.2, 0.25) is 0 Å². The van der Waals surface area contributed by atoms with Crippen LogP contribution in [0.15, 0.2) is 340 Å². The SMILES string of the molecule is C(=C(/c1ccccc1)c1cc[c]([Ge]([c]2ccc(/C(=C/c3ccccc3)c3ccccc3)cc2)([c]2ccc(/C(=C/c3ccccc3)c3ccccc3)cc2)[c]2ccc(/C(=C/c3ccccc3)c3ccccc3)cc2)cc1)/c1ccccc1. The third-order valence-corrected chi connectivity index (χ3v) is 25.4. The third kappa shape index (κ3) is 11.8. The normalized spacial score (nSPS) is 12.2. The summed E-state index contributed by atoms with van der Waals surface area (Å²) >= 11 is -4.07. The molecule has 0 aliphatic rings. The molecule has 0 saturated heterocycles. The van der Waals surface area contributed by atoms with Crippen LogP contribution in [0, 0.1) is 0 Å². The average Bonchev–Trinajstić information content (AvgIpc) is 3.57. The van der Waals surface area contributed by atoms with Crippen molar-refractivity contribution in [2.45, 2.75) is 0 Å². The predicted octanol–water partition coefficient (Wildman–Crippen LogP) is 17.4. The van der Waals surface area contributed by atoms with Gasteiger partial charge in [-0.05, 0) is 0 Å². The van der Waals surface area contributed by atoms with Gasteiger partial charge < -0.3 is 0 Å². The Labute approximate surface area is 480 Å². The van der Waals surface area contributed by atoms with E-state index in [1.54, 1.807) is 0 Å². The molecule has 0 unspecified atom stereocenters. The number of hydrogen-bond donors (Lipinski definition) is 0. The van der Waals surface area contributed by atoms with E-state index in [0.29, 0.717) is 0 Å². The summed E-state index contributed by atoms with van der Waals surface area (Å²) in [6.07, 6.45) is 9.29. The van der Waals surface area contributed by atoms with E-state index in [1.165, 1.54) is 84.4 Å². The average molecular weight is 1090 g/mol. The number of hydrogen-bond acceptors (Lipinski definition) is 0. The minimum absolute atomic E-state index is 1.16. The molecule has 0 aliphatic carbocycles. The predicted molar refractivity (Wildman–Crippen MR) is 349 cm³/mol. The van der Waals surface area contributed by atoms with Gasteiger partial charge in [-0.2, -0.15) is 0 Å². The molecule has 0 spiro atoms. The molecule has 0 fully saturated rings. The topological polar surface area (TPSA) is 0 Å². The van der Waals surface area contributed by atoms with Crippen molar-refractivity contribution in [3.8, 4) is 0 Å². The summed E-state index contributed by atoms with van der Waals surface area (Å²) < 4.78 is 5.36. The zero-order valence-corrected chi connectivity index (χ0v) is 47.2. The fraction of sp³-hybridized carbons (Fsp3) is 0. The molecule has 0 atom stereocenters. The first-order chi connectivity index (χ1) is 40.2. The monoisotopic (exact) mass is 1090 g/mol. The van der Waals surface area contributed by atoms with Gasteiger partial charge in [0.15, 0.2) is 0 Å². The summed E-state index contributed by atoms with van der Waals surface area (Å²) in [5, 5.41) is 0. The second-order valence-electron chi connectivity index (χ2n) is 20.4. The van der Waals surface area contributed by atoms with E-state index in [-0.39, 0.29) is 0 Å². The molecule has 12 aromatic rings. The molecule has 0 heterocycles. The van der Waals surface area contributed by atoms with E-state index < -0.39 is 13.3 Å². The molecule has 0 N–H and O–H groups in total. The Hall–Kier alpha value is -9.86. The standard InChI is InChI=1S/C80H60Ge/c1-9-25-61(26-10-1)57-77(65-33-17-5-18-34-65)69-41-49-73(50-42-69)81(74-51-43-70(44-52-74)78(66-35-19-6-20-36-66)58-62-27-11-2-12-28-62,75-53-45-71(46-54-75)79(67-37-21-7-22-38-67)59-63-29-13-3-14-30-63)76-55-47-72(48-56-76)80(68-39-23-8-24-40-68)60-64-31-15-4-16-32-64/h1-60H/b77-57+,78-58+,79-59+,80-60+. The van der Waals surface area contributed by atoms with Crippen molar-refractivity contribution in [3.63, 3.8) is 0 Å². The van der Waals surface area contributed by atoms with Crippen molar-refractivity contribution >= 4 is 77.4 Å². The van der Waals surface area contributed by atoms with Crippen LogP contribution in [-0.4, -0.2) is 13.3 Å². The fourth-order valence-electron chi connectivity index (χ4n) is 11.3. The van der Waals surface area contributed by atoms with Crippen LogP contribution in [0.2, 0.25) is 0 Å². The minimum atomic E-state index is -4.07. The molecule has 0 saturated carbocycles. The Balaban J connectivity index is 1.09. The fourth-order valence-corrected chi connectivity index (χ4v) is 21.1. The van der Waals surface area contributed by atoms with Crippen LogP contribution in [0.4, 0.5) is 0 Å². The van der Waals surface area contributed by atoms with Gasteiger partial charge in [-0.3, -0.25) is 0 Å². The van der Waals surface area contributed by atoms with Crippen LogP contribution in [0.5, 0.6) is 0 Å². The zero-order valence-electron chi connectivity index (χ0n) is 45.1. The van der Waals surface area contributed by atoms with Crippen LogP contribution in [-0.2, 0) is 0 Å². The molecule has 1 heteroatoms. The first-order valence-electron chi connectivity index (χ1n) is 27.9. The van der Waals surface area contributed by atoms with Crippen LogP contribution >= 0.6 is 0 Å². The molecule has 0 bridgehead atoms. The summed E-state index contributed by atoms with van der Waals surface area (Å²) in [7, 11) is 0. The molecule has 12 rings (SSSR count). The molecule has 0 aliphatic heterocycles. The Morgan fingerprint density at radius 2 is 0.309 bits per heavy atom. The molecular weight excluding hydrogens is 1030 g/mol. The van der Waals surface area contributed by atoms with Crippen molar-refractivity contribution in [1.29, 1.82) is 0 Å². The molecule has 384 valence electrons. The van der Waals surface area contributed by atoms with Crippen molar-refractivity contribution < 1.29 is 0 Å². The van der Waals surface area contributed by atoms with E-state index in [1.807, 2.05) is 0 Å². The van der Waals surface area contributed by atoms with Gasteiger partial charge in [0.1, 0.15) is 0 Å². The summed E-state index contributed by atoms with van der Waals surface area (Å²) in [6, 6.07) is 124. The van der Waals surface area contributed by atoms with E-state index in [9.17, 15) is 0 Å². The van der Waals surface area contributed by atoms with Gasteiger partial charge in [-0.15, -0.1) is 0 Å². The summed E-state index contributed by atoms with van der Waals surface area (Å²) in [4.78, 5) is 0. The number of benzene rings is 12. The molecule has 0 amide bonds. The zero-order chi connectivity index (χ0) is 54.5. The molecular formula is C80H60Ge. The van der Waals surface area contributed by atoms with Crippen LogP contribution in [0.25, 0.3) is 46.6 Å². The van der Waals surface area contributed by atoms with Gasteiger partial charge in [0.05, 0.1) is 0 Å². The van der Waals surface area contributed by atoms with Crippen molar-refractivity contribution in [3.05, 3.63) is 406 Å². The van der Waals surface area contributed by atoms with Gasteiger partial charge >= 0.3 is 484 Å². The maximum atomic E-state index is 2.45. The van der Waals surface area contributed by atoms with E-state index in [0.717, 1.165) is 22.3 Å². The molecule has 12 aromatic carbocycles. The van der Waals surface area contributed by atoms with Gasteiger partial charge in [-0.1, -0.05) is 0 Å². The Morgan fingerprint density at radius 1 is 0.160 bits per heavy atom. The van der Waals surface area contributed by atoms with Gasteiger partial charge in [0.25, 0.3) is 0 Å². The molecule has 0 nitrogen and oxygen atoms in total. The Bertz CT molecular complexity index is 3520. The first-order valence-corrected chi connectivity index (χ1v) is 32.1. The van der Waals surface area contributed by atoms with Crippen molar-refractivity contribution in [1.82, 2.24) is 0 Å². The Morgan fingerprint density at radius 3 is 0.481 bits per heavy atom. The molecule has 0 aromatic heterocycles. The maximum absolute atomic E-state index is 4.07. The van der Waals surface area contributed by atoms with Crippen LogP contribution < -0.4 is 17.6 Å². The van der Waals surface area contributed by atoms with E-state index >= 15 is 0 Å². The van der Waals surface area contributed by atoms with Gasteiger partial charge in [-0.25, -0.2) is 0 Å². The summed E-state index contributed by atoms with van der Waals surface area (Å²) in [5.41, 5.74) is 18.8. The second-order valence-corrected chi connectivity index (χ2v) is 28.4. The van der Waals surface area contributed by atoms with Crippen molar-refractivity contribution in [2.75, 3.05) is 0 Å². The number of rotatable bonds is 16. The van der Waals surface area contributed by atoms with Crippen molar-refractivity contribution in [2.24, 2.45) is 0 Å².